The highest BCUT2D eigenvalue weighted by atomic mass is 32.1. The highest BCUT2D eigenvalue weighted by Gasteiger charge is 2.34. The first-order valence-electron chi connectivity index (χ1n) is 7.48. The molecule has 2 heterocycles. The molecule has 21 heavy (non-hydrogen) atoms. The van der Waals surface area contributed by atoms with E-state index in [1.165, 1.54) is 4.88 Å². The van der Waals surface area contributed by atoms with Crippen LogP contribution in [0.5, 0.6) is 0 Å². The maximum absolute atomic E-state index is 12.9. The van der Waals surface area contributed by atoms with Crippen molar-refractivity contribution < 1.29 is 4.79 Å². The van der Waals surface area contributed by atoms with Gasteiger partial charge in [-0.1, -0.05) is 13.0 Å². The molecule has 1 aliphatic carbocycles. The van der Waals surface area contributed by atoms with E-state index in [1.54, 1.807) is 11.3 Å². The van der Waals surface area contributed by atoms with Gasteiger partial charge in [0.1, 0.15) is 5.69 Å². The maximum Gasteiger partial charge on any atom is 0.271 e. The van der Waals surface area contributed by atoms with Crippen molar-refractivity contribution in [3.8, 4) is 0 Å². The van der Waals surface area contributed by atoms with Crippen molar-refractivity contribution in [3.05, 3.63) is 40.3 Å². The van der Waals surface area contributed by atoms with Crippen LogP contribution < -0.4 is 5.73 Å². The molecule has 0 unspecified atom stereocenters. The van der Waals surface area contributed by atoms with E-state index in [1.807, 2.05) is 27.8 Å². The molecule has 1 amide bonds. The van der Waals surface area contributed by atoms with Gasteiger partial charge in [0.15, 0.2) is 0 Å². The number of nitrogens with zero attached hydrogens (tertiary/aromatic N) is 2. The van der Waals surface area contributed by atoms with Crippen LogP contribution in [0.15, 0.2) is 29.8 Å². The van der Waals surface area contributed by atoms with E-state index in [4.69, 9.17) is 5.73 Å². The average molecular weight is 303 g/mol. The third-order valence-electron chi connectivity index (χ3n) is 3.76. The summed E-state index contributed by atoms with van der Waals surface area (Å²) in [6.45, 7) is 3.64. The van der Waals surface area contributed by atoms with Gasteiger partial charge in [-0.25, -0.2) is 0 Å². The lowest BCUT2D eigenvalue weighted by atomic mass is 10.3. The molecule has 1 fully saturated rings. The highest BCUT2D eigenvalue weighted by molar-refractivity contribution is 7.09. The first kappa shape index (κ1) is 14.2. The van der Waals surface area contributed by atoms with E-state index in [0.717, 1.165) is 31.5 Å². The maximum atomic E-state index is 12.9. The minimum absolute atomic E-state index is 0.107. The fourth-order valence-electron chi connectivity index (χ4n) is 2.61. The molecule has 4 nitrogen and oxygen atoms in total. The molecule has 0 bridgehead atoms. The fourth-order valence-corrected chi connectivity index (χ4v) is 3.31. The van der Waals surface area contributed by atoms with Crippen molar-refractivity contribution in [2.75, 3.05) is 5.73 Å². The molecule has 0 spiro atoms. The number of nitrogens with two attached hydrogens (primary N) is 1. The normalized spacial score (nSPS) is 14.3. The summed E-state index contributed by atoms with van der Waals surface area (Å²) in [6, 6.07) is 6.33. The number of amides is 1. The van der Waals surface area contributed by atoms with E-state index >= 15 is 0 Å². The Kier molecular flexibility index (Phi) is 4.01. The highest BCUT2D eigenvalue weighted by Crippen LogP contribution is 2.31. The Labute approximate surface area is 129 Å². The standard InChI is InChI=1S/C16H21N3OS/c1-2-7-18-10-12(17)9-15(18)16(20)19(13-5-6-13)11-14-4-3-8-21-14/h3-4,8-10,13H,2,5-7,11,17H2,1H3. The number of anilines is 1. The molecule has 2 N–H and O–H groups in total. The first-order chi connectivity index (χ1) is 10.2. The van der Waals surface area contributed by atoms with Crippen LogP contribution in [0.3, 0.4) is 0 Å². The molecule has 5 heteroatoms. The number of aryl methyl sites for hydroxylation is 1. The molecule has 1 aliphatic rings. The van der Waals surface area contributed by atoms with E-state index in [-0.39, 0.29) is 5.91 Å². The number of carbonyl (C=O) groups excluding carboxylic acids is 1. The van der Waals surface area contributed by atoms with Gasteiger partial charge in [0.25, 0.3) is 5.91 Å². The third kappa shape index (κ3) is 3.13. The van der Waals surface area contributed by atoms with Gasteiger partial charge in [-0.3, -0.25) is 4.79 Å². The minimum Gasteiger partial charge on any atom is -0.397 e. The van der Waals surface area contributed by atoms with Crippen molar-refractivity contribution in [1.82, 2.24) is 9.47 Å². The molecular formula is C16H21N3OS. The molecule has 0 aromatic carbocycles. The van der Waals surface area contributed by atoms with Gasteiger partial charge in [-0.15, -0.1) is 11.3 Å². The second-order valence-electron chi connectivity index (χ2n) is 5.60. The zero-order chi connectivity index (χ0) is 14.8. The number of hydrogen-bond acceptors (Lipinski definition) is 3. The molecule has 1 saturated carbocycles. The van der Waals surface area contributed by atoms with E-state index in [2.05, 4.69) is 18.4 Å². The van der Waals surface area contributed by atoms with Crippen molar-refractivity contribution >= 4 is 22.9 Å². The van der Waals surface area contributed by atoms with Crippen LogP contribution in [0.1, 0.15) is 41.6 Å². The zero-order valence-corrected chi connectivity index (χ0v) is 13.1. The minimum atomic E-state index is 0.107. The predicted molar refractivity (Wildman–Crippen MR) is 86.3 cm³/mol. The summed E-state index contributed by atoms with van der Waals surface area (Å²) >= 11 is 1.70. The second-order valence-corrected chi connectivity index (χ2v) is 6.63. The lowest BCUT2D eigenvalue weighted by Crippen LogP contribution is -2.33. The van der Waals surface area contributed by atoms with Gasteiger partial charge in [-0.05, 0) is 36.8 Å². The van der Waals surface area contributed by atoms with Gasteiger partial charge in [0.05, 0.1) is 12.2 Å². The summed E-state index contributed by atoms with van der Waals surface area (Å²) in [7, 11) is 0. The third-order valence-corrected chi connectivity index (χ3v) is 4.62. The number of nitrogen functional groups attached to an aromatic ring is 1. The molecule has 2 aromatic heterocycles. The quantitative estimate of drug-likeness (QED) is 0.889. The molecular weight excluding hydrogens is 282 g/mol. The lowest BCUT2D eigenvalue weighted by molar-refractivity contribution is 0.0720. The summed E-state index contributed by atoms with van der Waals surface area (Å²) in [5.74, 6) is 0.107. The number of thiophene rings is 1. The summed E-state index contributed by atoms with van der Waals surface area (Å²) in [4.78, 5) is 16.2. The average Bonchev–Trinajstić information content (AvgIpc) is 3.04. The predicted octanol–water partition coefficient (Wildman–Crippen LogP) is 3.35. The zero-order valence-electron chi connectivity index (χ0n) is 12.3. The first-order valence-corrected chi connectivity index (χ1v) is 8.36. The monoisotopic (exact) mass is 303 g/mol. The van der Waals surface area contributed by atoms with Crippen LogP contribution in [0, 0.1) is 0 Å². The Morgan fingerprint density at radius 3 is 2.95 bits per heavy atom. The molecule has 3 rings (SSSR count). The molecule has 0 saturated heterocycles. The number of aromatic nitrogens is 1. The van der Waals surface area contributed by atoms with Gasteiger partial charge in [0.2, 0.25) is 0 Å². The molecule has 0 aliphatic heterocycles. The van der Waals surface area contributed by atoms with Crippen LogP contribution in [0.4, 0.5) is 5.69 Å². The Hall–Kier alpha value is -1.75. The van der Waals surface area contributed by atoms with Gasteiger partial charge in [0, 0.05) is 23.7 Å². The topological polar surface area (TPSA) is 51.3 Å². The van der Waals surface area contributed by atoms with Crippen molar-refractivity contribution in [2.24, 2.45) is 0 Å². The Morgan fingerprint density at radius 2 is 2.33 bits per heavy atom. The smallest absolute Gasteiger partial charge is 0.271 e. The Morgan fingerprint density at radius 1 is 1.52 bits per heavy atom. The van der Waals surface area contributed by atoms with E-state index < -0.39 is 0 Å². The second kappa shape index (κ2) is 5.93. The molecule has 0 atom stereocenters. The van der Waals surface area contributed by atoms with Crippen molar-refractivity contribution in [2.45, 2.75) is 45.3 Å². The molecule has 0 radical (unpaired) electrons. The van der Waals surface area contributed by atoms with E-state index in [9.17, 15) is 4.79 Å². The Bertz CT molecular complexity index is 614. The van der Waals surface area contributed by atoms with Crippen molar-refractivity contribution in [3.63, 3.8) is 0 Å². The largest absolute Gasteiger partial charge is 0.397 e. The van der Waals surface area contributed by atoms with Gasteiger partial charge in [-0.2, -0.15) is 0 Å². The fraction of sp³-hybridized carbons (Fsp3) is 0.438. The van der Waals surface area contributed by atoms with Crippen LogP contribution in [0.2, 0.25) is 0 Å². The van der Waals surface area contributed by atoms with Crippen LogP contribution in [0.25, 0.3) is 0 Å². The Balaban J connectivity index is 1.84. The number of rotatable bonds is 6. The summed E-state index contributed by atoms with van der Waals surface area (Å²) in [5, 5.41) is 2.06. The van der Waals surface area contributed by atoms with Gasteiger partial charge >= 0.3 is 0 Å². The van der Waals surface area contributed by atoms with Crippen LogP contribution in [-0.2, 0) is 13.1 Å². The lowest BCUT2D eigenvalue weighted by Gasteiger charge is -2.22. The molecule has 112 valence electrons. The summed E-state index contributed by atoms with van der Waals surface area (Å²) < 4.78 is 1.99. The van der Waals surface area contributed by atoms with E-state index in [0.29, 0.717) is 18.3 Å². The number of hydrogen-bond donors (Lipinski definition) is 1. The summed E-state index contributed by atoms with van der Waals surface area (Å²) in [5.41, 5.74) is 7.27. The number of carbonyl (C=O) groups is 1. The van der Waals surface area contributed by atoms with Crippen LogP contribution in [-0.4, -0.2) is 21.4 Å². The van der Waals surface area contributed by atoms with Crippen LogP contribution >= 0.6 is 11.3 Å². The van der Waals surface area contributed by atoms with Crippen molar-refractivity contribution in [1.29, 1.82) is 0 Å². The van der Waals surface area contributed by atoms with Gasteiger partial charge < -0.3 is 15.2 Å². The SMILES string of the molecule is CCCn1cc(N)cc1C(=O)N(Cc1cccs1)C1CC1. The molecule has 2 aromatic rings. The summed E-state index contributed by atoms with van der Waals surface area (Å²) in [6.07, 6.45) is 5.08.